The van der Waals surface area contributed by atoms with Crippen LogP contribution in [0.3, 0.4) is 0 Å². The van der Waals surface area contributed by atoms with Crippen LogP contribution >= 0.6 is 0 Å². The van der Waals surface area contributed by atoms with Gasteiger partial charge in [-0.25, -0.2) is 4.39 Å². The van der Waals surface area contributed by atoms with Gasteiger partial charge in [-0.15, -0.1) is 0 Å². The Morgan fingerprint density at radius 3 is 2.53 bits per heavy atom. The van der Waals surface area contributed by atoms with Crippen LogP contribution in [0.4, 0.5) is 4.39 Å². The van der Waals surface area contributed by atoms with E-state index in [0.717, 1.165) is 31.2 Å². The monoisotopic (exact) mass is 264 g/mol. The van der Waals surface area contributed by atoms with E-state index in [1.54, 1.807) is 12.1 Å². The zero-order chi connectivity index (χ0) is 13.7. The Morgan fingerprint density at radius 1 is 1.26 bits per heavy atom. The summed E-state index contributed by atoms with van der Waals surface area (Å²) in [5, 5.41) is 2.89. The molecule has 0 bridgehead atoms. The zero-order valence-electron chi connectivity index (χ0n) is 11.1. The minimum Gasteiger partial charge on any atom is -0.356 e. The number of carbonyl (C=O) groups is 1. The van der Waals surface area contributed by atoms with E-state index in [9.17, 15) is 9.18 Å². The van der Waals surface area contributed by atoms with Gasteiger partial charge >= 0.3 is 0 Å². The molecule has 19 heavy (non-hydrogen) atoms. The molecule has 1 amide bonds. The lowest BCUT2D eigenvalue weighted by Crippen LogP contribution is -2.42. The first-order valence-electron chi connectivity index (χ1n) is 6.87. The summed E-state index contributed by atoms with van der Waals surface area (Å²) in [6.45, 7) is 0.570. The standard InChI is InChI=1S/C15H21FN2O/c16-13-5-3-12(4-6-13)7-10-18-14(19)11-15(17)8-1-2-9-15/h3-6H,1-2,7-11,17H2,(H,18,19). The highest BCUT2D eigenvalue weighted by molar-refractivity contribution is 5.77. The summed E-state index contributed by atoms with van der Waals surface area (Å²) in [6, 6.07) is 6.35. The maximum Gasteiger partial charge on any atom is 0.221 e. The quantitative estimate of drug-likeness (QED) is 0.856. The number of nitrogens with one attached hydrogen (secondary N) is 1. The van der Waals surface area contributed by atoms with Crippen LogP contribution in [0.2, 0.25) is 0 Å². The lowest BCUT2D eigenvalue weighted by Gasteiger charge is -2.22. The van der Waals surface area contributed by atoms with Crippen LogP contribution in [0.15, 0.2) is 24.3 Å². The molecule has 0 atom stereocenters. The summed E-state index contributed by atoms with van der Waals surface area (Å²) in [6.07, 6.45) is 5.26. The van der Waals surface area contributed by atoms with E-state index >= 15 is 0 Å². The summed E-state index contributed by atoms with van der Waals surface area (Å²) in [5.74, 6) is -0.217. The fraction of sp³-hybridized carbons (Fsp3) is 0.533. The van der Waals surface area contributed by atoms with Crippen LogP contribution in [-0.2, 0) is 11.2 Å². The molecule has 4 heteroatoms. The average Bonchev–Trinajstić information content (AvgIpc) is 2.78. The Bertz CT molecular complexity index is 424. The number of hydrogen-bond acceptors (Lipinski definition) is 2. The molecule has 1 fully saturated rings. The smallest absolute Gasteiger partial charge is 0.221 e. The molecule has 1 aromatic rings. The third-order valence-corrected chi connectivity index (χ3v) is 3.76. The van der Waals surface area contributed by atoms with Gasteiger partial charge in [-0.1, -0.05) is 25.0 Å². The molecule has 3 N–H and O–H groups in total. The molecular formula is C15H21FN2O. The van der Waals surface area contributed by atoms with Gasteiger partial charge in [0.2, 0.25) is 5.91 Å². The number of hydrogen-bond donors (Lipinski definition) is 2. The second-order valence-corrected chi connectivity index (χ2v) is 5.47. The number of halogens is 1. The second-order valence-electron chi connectivity index (χ2n) is 5.47. The van der Waals surface area contributed by atoms with Gasteiger partial charge in [0.15, 0.2) is 0 Å². The molecule has 1 aliphatic rings. The molecule has 0 spiro atoms. The number of carbonyl (C=O) groups excluding carboxylic acids is 1. The van der Waals surface area contributed by atoms with Gasteiger partial charge in [0.25, 0.3) is 0 Å². The Balaban J connectivity index is 1.70. The fourth-order valence-electron chi connectivity index (χ4n) is 2.64. The highest BCUT2D eigenvalue weighted by Crippen LogP contribution is 2.29. The van der Waals surface area contributed by atoms with Gasteiger partial charge in [0, 0.05) is 18.5 Å². The minimum absolute atomic E-state index is 0.0199. The van der Waals surface area contributed by atoms with Crippen molar-refractivity contribution in [1.82, 2.24) is 5.32 Å². The fourth-order valence-corrected chi connectivity index (χ4v) is 2.64. The third-order valence-electron chi connectivity index (χ3n) is 3.76. The lowest BCUT2D eigenvalue weighted by molar-refractivity contribution is -0.122. The van der Waals surface area contributed by atoms with Crippen LogP contribution in [0.5, 0.6) is 0 Å². The van der Waals surface area contributed by atoms with E-state index in [1.165, 1.54) is 12.1 Å². The van der Waals surface area contributed by atoms with Gasteiger partial charge < -0.3 is 11.1 Å². The molecule has 0 unspecified atom stereocenters. The first kappa shape index (κ1) is 14.0. The Labute approximate surface area is 113 Å². The van der Waals surface area contributed by atoms with Crippen LogP contribution in [0.1, 0.15) is 37.7 Å². The molecule has 0 heterocycles. The molecule has 1 saturated carbocycles. The Morgan fingerprint density at radius 2 is 1.89 bits per heavy atom. The van der Waals surface area contributed by atoms with Gasteiger partial charge in [-0.2, -0.15) is 0 Å². The number of nitrogens with two attached hydrogens (primary N) is 1. The van der Waals surface area contributed by atoms with E-state index in [0.29, 0.717) is 19.4 Å². The average molecular weight is 264 g/mol. The number of amides is 1. The topological polar surface area (TPSA) is 55.1 Å². The van der Waals surface area contributed by atoms with Gasteiger partial charge in [0.05, 0.1) is 0 Å². The van der Waals surface area contributed by atoms with Crippen molar-refractivity contribution in [2.75, 3.05) is 6.54 Å². The van der Waals surface area contributed by atoms with E-state index < -0.39 is 0 Å². The van der Waals surface area contributed by atoms with Crippen LogP contribution in [-0.4, -0.2) is 18.0 Å². The molecule has 2 rings (SSSR count). The van der Waals surface area contributed by atoms with Crippen molar-refractivity contribution in [3.63, 3.8) is 0 Å². The SMILES string of the molecule is NC1(CC(=O)NCCc2ccc(F)cc2)CCCC1. The van der Waals surface area contributed by atoms with E-state index in [1.807, 2.05) is 0 Å². The molecule has 3 nitrogen and oxygen atoms in total. The maximum atomic E-state index is 12.7. The van der Waals surface area contributed by atoms with Crippen molar-refractivity contribution in [3.05, 3.63) is 35.6 Å². The molecular weight excluding hydrogens is 243 g/mol. The van der Waals surface area contributed by atoms with E-state index in [4.69, 9.17) is 5.73 Å². The molecule has 104 valence electrons. The van der Waals surface area contributed by atoms with Crippen molar-refractivity contribution >= 4 is 5.91 Å². The molecule has 0 saturated heterocycles. The van der Waals surface area contributed by atoms with Gasteiger partial charge in [0.1, 0.15) is 5.82 Å². The van der Waals surface area contributed by atoms with Crippen molar-refractivity contribution < 1.29 is 9.18 Å². The number of rotatable bonds is 5. The minimum atomic E-state index is -0.292. The molecule has 0 aliphatic heterocycles. The van der Waals surface area contributed by atoms with Gasteiger partial charge in [-0.3, -0.25) is 4.79 Å². The zero-order valence-corrected chi connectivity index (χ0v) is 11.1. The molecule has 0 aromatic heterocycles. The van der Waals surface area contributed by atoms with Crippen LogP contribution < -0.4 is 11.1 Å². The highest BCUT2D eigenvalue weighted by atomic mass is 19.1. The first-order chi connectivity index (χ1) is 9.07. The van der Waals surface area contributed by atoms with Crippen LogP contribution in [0.25, 0.3) is 0 Å². The molecule has 1 aliphatic carbocycles. The lowest BCUT2D eigenvalue weighted by atomic mass is 9.94. The summed E-state index contributed by atoms with van der Waals surface area (Å²) in [4.78, 5) is 11.8. The first-order valence-corrected chi connectivity index (χ1v) is 6.87. The summed E-state index contributed by atoms with van der Waals surface area (Å²) in [7, 11) is 0. The predicted molar refractivity (Wildman–Crippen MR) is 73.1 cm³/mol. The van der Waals surface area contributed by atoms with Crippen molar-refractivity contribution in [3.8, 4) is 0 Å². The number of benzene rings is 1. The van der Waals surface area contributed by atoms with Crippen molar-refractivity contribution in [1.29, 1.82) is 0 Å². The third kappa shape index (κ3) is 4.31. The van der Waals surface area contributed by atoms with Crippen molar-refractivity contribution in [2.45, 2.75) is 44.1 Å². The van der Waals surface area contributed by atoms with Crippen LogP contribution in [0, 0.1) is 5.82 Å². The highest BCUT2D eigenvalue weighted by Gasteiger charge is 2.31. The normalized spacial score (nSPS) is 17.4. The van der Waals surface area contributed by atoms with Crippen molar-refractivity contribution in [2.24, 2.45) is 5.73 Å². The molecule has 0 radical (unpaired) electrons. The van der Waals surface area contributed by atoms with E-state index in [2.05, 4.69) is 5.32 Å². The Hall–Kier alpha value is -1.42. The largest absolute Gasteiger partial charge is 0.356 e. The van der Waals surface area contributed by atoms with E-state index in [-0.39, 0.29) is 17.3 Å². The second kappa shape index (κ2) is 6.15. The summed E-state index contributed by atoms with van der Waals surface area (Å²) >= 11 is 0. The molecule has 1 aromatic carbocycles. The van der Waals surface area contributed by atoms with Gasteiger partial charge in [-0.05, 0) is 37.0 Å². The summed E-state index contributed by atoms with van der Waals surface area (Å²) < 4.78 is 12.7. The maximum absolute atomic E-state index is 12.7. The summed E-state index contributed by atoms with van der Waals surface area (Å²) in [5.41, 5.74) is 6.88. The Kier molecular flexibility index (Phi) is 4.53. The predicted octanol–water partition coefficient (Wildman–Crippen LogP) is 2.15.